The van der Waals surface area contributed by atoms with Crippen molar-refractivity contribution in [2.75, 3.05) is 56.3 Å². The second kappa shape index (κ2) is 11.3. The second-order valence-corrected chi connectivity index (χ2v) is 7.15. The summed E-state index contributed by atoms with van der Waals surface area (Å²) in [4.78, 5) is 29.2. The van der Waals surface area contributed by atoms with Crippen LogP contribution in [0.3, 0.4) is 0 Å². The first-order valence-corrected chi connectivity index (χ1v) is 10.7. The van der Waals surface area contributed by atoms with E-state index in [1.807, 2.05) is 19.9 Å². The molecule has 11 heteroatoms. The van der Waals surface area contributed by atoms with Crippen LogP contribution in [-0.2, 0) is 9.53 Å². The Balaban J connectivity index is 1.79. The van der Waals surface area contributed by atoms with E-state index in [1.165, 1.54) is 6.07 Å². The molecule has 1 aliphatic heterocycles. The van der Waals surface area contributed by atoms with Crippen molar-refractivity contribution in [2.24, 2.45) is 0 Å². The highest BCUT2D eigenvalue weighted by Gasteiger charge is 2.22. The summed E-state index contributed by atoms with van der Waals surface area (Å²) in [5.41, 5.74) is 1.75. The van der Waals surface area contributed by atoms with Gasteiger partial charge in [0.25, 0.3) is 5.91 Å². The van der Waals surface area contributed by atoms with E-state index in [-0.39, 0.29) is 5.75 Å². The number of hydrogen-bond acceptors (Lipinski definition) is 9. The number of anilines is 2. The molecule has 0 bridgehead atoms. The molecule has 1 fully saturated rings. The lowest BCUT2D eigenvalue weighted by molar-refractivity contribution is -0.390. The van der Waals surface area contributed by atoms with Crippen LogP contribution in [0.4, 0.5) is 17.2 Å². The molecule has 178 valence electrons. The van der Waals surface area contributed by atoms with Crippen LogP contribution in [0.25, 0.3) is 0 Å². The number of carbonyl (C=O) groups is 1. The first kappa shape index (κ1) is 24.1. The van der Waals surface area contributed by atoms with Crippen molar-refractivity contribution in [3.05, 3.63) is 40.1 Å². The van der Waals surface area contributed by atoms with Gasteiger partial charge in [-0.3, -0.25) is 4.79 Å². The van der Waals surface area contributed by atoms with Gasteiger partial charge in [0.1, 0.15) is 17.2 Å². The Bertz CT molecular complexity index is 993. The number of aromatic nitrogens is 1. The van der Waals surface area contributed by atoms with E-state index in [2.05, 4.69) is 15.2 Å². The summed E-state index contributed by atoms with van der Waals surface area (Å²) < 4.78 is 22.4. The predicted octanol–water partition coefficient (Wildman–Crippen LogP) is 2.95. The minimum absolute atomic E-state index is 0.0801. The van der Waals surface area contributed by atoms with E-state index in [9.17, 15) is 14.9 Å². The third kappa shape index (κ3) is 6.22. The first-order chi connectivity index (χ1) is 15.9. The molecule has 0 radical (unpaired) electrons. The van der Waals surface area contributed by atoms with Crippen LogP contribution < -0.4 is 24.4 Å². The topological polar surface area (TPSA) is 125 Å². The number of nitrogens with zero attached hydrogens (tertiary/aromatic N) is 3. The third-order valence-corrected chi connectivity index (χ3v) is 4.80. The maximum Gasteiger partial charge on any atom is 0.406 e. The molecule has 1 N–H and O–H groups in total. The van der Waals surface area contributed by atoms with Gasteiger partial charge in [0.05, 0.1) is 37.8 Å². The number of morpholine rings is 1. The van der Waals surface area contributed by atoms with Gasteiger partial charge >= 0.3 is 5.82 Å². The van der Waals surface area contributed by atoms with Gasteiger partial charge in [0, 0.05) is 32.1 Å². The smallest absolute Gasteiger partial charge is 0.406 e. The molecular weight excluding hydrogens is 432 g/mol. The number of nitrogens with one attached hydrogen (secondary N) is 1. The lowest BCUT2D eigenvalue weighted by atomic mass is 10.2. The molecule has 0 spiro atoms. The predicted molar refractivity (Wildman–Crippen MR) is 122 cm³/mol. The maximum atomic E-state index is 12.6. The van der Waals surface area contributed by atoms with E-state index in [0.717, 1.165) is 5.69 Å². The molecule has 2 aromatic rings. The number of ether oxygens (including phenoxy) is 4. The molecular formula is C22H28N4O7. The van der Waals surface area contributed by atoms with Crippen LogP contribution in [0.15, 0.2) is 24.3 Å². The van der Waals surface area contributed by atoms with Gasteiger partial charge in [-0.1, -0.05) is 0 Å². The number of benzene rings is 1. The van der Waals surface area contributed by atoms with Gasteiger partial charge in [-0.15, -0.1) is 0 Å². The Labute approximate surface area is 191 Å². The molecule has 0 aliphatic carbocycles. The van der Waals surface area contributed by atoms with Crippen LogP contribution >= 0.6 is 0 Å². The van der Waals surface area contributed by atoms with Crippen molar-refractivity contribution >= 4 is 23.1 Å². The SMILES string of the molecule is CCOc1cc(N2CCOCC2)c(OCC)cc1NC(=O)COc1ccc(C)nc1[N+](=O)[O-]. The molecule has 1 aromatic heterocycles. The van der Waals surface area contributed by atoms with Gasteiger partial charge in [-0.05, 0) is 35.9 Å². The number of aryl methyl sites for hydroxylation is 1. The maximum absolute atomic E-state index is 12.6. The number of carbonyl (C=O) groups excluding carboxylic acids is 1. The quantitative estimate of drug-likeness (QED) is 0.421. The van der Waals surface area contributed by atoms with E-state index < -0.39 is 23.3 Å². The fourth-order valence-electron chi connectivity index (χ4n) is 3.35. The van der Waals surface area contributed by atoms with E-state index in [0.29, 0.717) is 62.4 Å². The highest BCUT2D eigenvalue weighted by atomic mass is 16.6. The Morgan fingerprint density at radius 2 is 1.82 bits per heavy atom. The van der Waals surface area contributed by atoms with Crippen molar-refractivity contribution in [1.82, 2.24) is 4.98 Å². The Hall–Kier alpha value is -3.60. The number of rotatable bonds is 10. The zero-order valence-corrected chi connectivity index (χ0v) is 19.0. The first-order valence-electron chi connectivity index (χ1n) is 10.7. The van der Waals surface area contributed by atoms with Crippen molar-refractivity contribution in [3.8, 4) is 17.2 Å². The molecule has 11 nitrogen and oxygen atoms in total. The summed E-state index contributed by atoms with van der Waals surface area (Å²) in [6, 6.07) is 6.55. The Kier molecular flexibility index (Phi) is 8.25. The van der Waals surface area contributed by atoms with Crippen molar-refractivity contribution in [1.29, 1.82) is 0 Å². The summed E-state index contributed by atoms with van der Waals surface area (Å²) in [7, 11) is 0. The number of pyridine rings is 1. The van der Waals surface area contributed by atoms with Crippen LogP contribution in [0.1, 0.15) is 19.5 Å². The summed E-state index contributed by atoms with van der Waals surface area (Å²) >= 11 is 0. The summed E-state index contributed by atoms with van der Waals surface area (Å²) in [5.74, 6) is 0.0679. The zero-order valence-electron chi connectivity index (χ0n) is 19.0. The van der Waals surface area contributed by atoms with Crippen LogP contribution in [0.5, 0.6) is 17.2 Å². The molecule has 2 heterocycles. The normalized spacial score (nSPS) is 13.4. The second-order valence-electron chi connectivity index (χ2n) is 7.15. The van der Waals surface area contributed by atoms with E-state index in [4.69, 9.17) is 18.9 Å². The average Bonchev–Trinajstić information content (AvgIpc) is 2.80. The van der Waals surface area contributed by atoms with Crippen molar-refractivity contribution in [2.45, 2.75) is 20.8 Å². The lowest BCUT2D eigenvalue weighted by Crippen LogP contribution is -2.36. The standard InChI is InChI=1S/C22H28N4O7/c1-4-31-19-13-17(25-8-10-30-11-9-25)20(32-5-2)12-16(19)24-21(27)14-33-18-7-6-15(3)23-22(18)26(28)29/h6-7,12-13H,4-5,8-11,14H2,1-3H3,(H,24,27). The van der Waals surface area contributed by atoms with Gasteiger partial charge in [0.15, 0.2) is 6.61 Å². The van der Waals surface area contributed by atoms with Gasteiger partial charge < -0.3 is 39.3 Å². The largest absolute Gasteiger partial charge is 0.492 e. The third-order valence-electron chi connectivity index (χ3n) is 4.80. The highest BCUT2D eigenvalue weighted by molar-refractivity contribution is 5.94. The number of amides is 1. The van der Waals surface area contributed by atoms with E-state index in [1.54, 1.807) is 19.1 Å². The van der Waals surface area contributed by atoms with Crippen molar-refractivity contribution < 1.29 is 28.7 Å². The summed E-state index contributed by atoms with van der Waals surface area (Å²) in [5, 5.41) is 14.0. The molecule has 1 aromatic carbocycles. The fourth-order valence-corrected chi connectivity index (χ4v) is 3.35. The van der Waals surface area contributed by atoms with Crippen LogP contribution in [0, 0.1) is 17.0 Å². The molecule has 0 saturated carbocycles. The monoisotopic (exact) mass is 460 g/mol. The molecule has 0 atom stereocenters. The number of nitro groups is 1. The highest BCUT2D eigenvalue weighted by Crippen LogP contribution is 2.39. The Morgan fingerprint density at radius 3 is 2.48 bits per heavy atom. The summed E-state index contributed by atoms with van der Waals surface area (Å²) in [6.45, 7) is 8.45. The molecule has 1 amide bonds. The van der Waals surface area contributed by atoms with Crippen LogP contribution in [0.2, 0.25) is 0 Å². The van der Waals surface area contributed by atoms with Crippen molar-refractivity contribution in [3.63, 3.8) is 0 Å². The lowest BCUT2D eigenvalue weighted by Gasteiger charge is -2.31. The Morgan fingerprint density at radius 1 is 1.12 bits per heavy atom. The van der Waals surface area contributed by atoms with E-state index >= 15 is 0 Å². The number of hydrogen-bond donors (Lipinski definition) is 1. The minimum Gasteiger partial charge on any atom is -0.492 e. The van der Waals surface area contributed by atoms with Gasteiger partial charge in [-0.25, -0.2) is 0 Å². The molecule has 33 heavy (non-hydrogen) atoms. The minimum atomic E-state index is -0.647. The van der Waals surface area contributed by atoms with Crippen LogP contribution in [-0.4, -0.2) is 61.9 Å². The molecule has 3 rings (SSSR count). The molecule has 1 saturated heterocycles. The van der Waals surface area contributed by atoms with Gasteiger partial charge in [-0.2, -0.15) is 0 Å². The summed E-state index contributed by atoms with van der Waals surface area (Å²) in [6.07, 6.45) is 0. The van der Waals surface area contributed by atoms with Gasteiger partial charge in [0.2, 0.25) is 5.75 Å². The average molecular weight is 460 g/mol. The molecule has 1 aliphatic rings. The molecule has 0 unspecified atom stereocenters. The fraction of sp³-hybridized carbons (Fsp3) is 0.455. The zero-order chi connectivity index (χ0) is 23.8.